The lowest BCUT2D eigenvalue weighted by atomic mass is 9.94. The molecule has 3 N–H and O–H groups in total. The van der Waals surface area contributed by atoms with Gasteiger partial charge in [-0.3, -0.25) is 9.89 Å². The molecule has 3 rings (SSSR count). The largest absolute Gasteiger partial charge is 0.341 e. The number of aryl methyl sites for hydroxylation is 2. The zero-order chi connectivity index (χ0) is 14.7. The normalized spacial score (nSPS) is 22.7. The van der Waals surface area contributed by atoms with Crippen molar-refractivity contribution >= 4 is 5.91 Å². The number of hydrogen-bond acceptors (Lipinski definition) is 3. The minimum Gasteiger partial charge on any atom is -0.341 e. The van der Waals surface area contributed by atoms with Gasteiger partial charge in [-0.2, -0.15) is 5.10 Å². The monoisotopic (exact) mass is 290 g/mol. The summed E-state index contributed by atoms with van der Waals surface area (Å²) in [7, 11) is 0. The number of hydrogen-bond donors (Lipinski definition) is 2. The van der Waals surface area contributed by atoms with E-state index in [-0.39, 0.29) is 11.9 Å². The van der Waals surface area contributed by atoms with Crippen LogP contribution in [0.15, 0.2) is 0 Å². The van der Waals surface area contributed by atoms with Crippen LogP contribution in [0, 0.1) is 0 Å². The SMILES string of the molecule is N[C@@H]1CCCCN(C(=O)CCc2n[nH]c3c2CCCC3)C1. The molecule has 1 aliphatic heterocycles. The van der Waals surface area contributed by atoms with Crippen molar-refractivity contribution in [2.45, 2.75) is 63.8 Å². The van der Waals surface area contributed by atoms with E-state index in [0.29, 0.717) is 6.42 Å². The summed E-state index contributed by atoms with van der Waals surface area (Å²) in [4.78, 5) is 14.3. The highest BCUT2D eigenvalue weighted by Gasteiger charge is 2.21. The second-order valence-corrected chi connectivity index (χ2v) is 6.43. The standard InChI is InChI=1S/C16H26N4O/c17-12-5-3-4-10-20(11-12)16(21)9-8-15-13-6-1-2-7-14(13)18-19-15/h12H,1-11,17H2,(H,18,19)/t12-/m1/s1. The molecule has 2 aliphatic rings. The van der Waals surface area contributed by atoms with E-state index in [1.54, 1.807) is 0 Å². The van der Waals surface area contributed by atoms with Gasteiger partial charge in [0.25, 0.3) is 0 Å². The van der Waals surface area contributed by atoms with E-state index in [2.05, 4.69) is 10.2 Å². The van der Waals surface area contributed by atoms with Gasteiger partial charge in [0, 0.05) is 37.7 Å². The summed E-state index contributed by atoms with van der Waals surface area (Å²) in [5.74, 6) is 0.236. The first-order valence-electron chi connectivity index (χ1n) is 8.32. The molecule has 0 saturated carbocycles. The number of rotatable bonds is 3. The minimum atomic E-state index is 0.148. The van der Waals surface area contributed by atoms with Gasteiger partial charge in [-0.25, -0.2) is 0 Å². The lowest BCUT2D eigenvalue weighted by molar-refractivity contribution is -0.131. The Morgan fingerprint density at radius 3 is 3.05 bits per heavy atom. The fourth-order valence-corrected chi connectivity index (χ4v) is 3.54. The Labute approximate surface area is 126 Å². The summed E-state index contributed by atoms with van der Waals surface area (Å²) < 4.78 is 0. The van der Waals surface area contributed by atoms with Crippen LogP contribution in [0.4, 0.5) is 0 Å². The molecule has 5 nitrogen and oxygen atoms in total. The van der Waals surface area contributed by atoms with Gasteiger partial charge in [0.05, 0.1) is 5.69 Å². The fraction of sp³-hybridized carbons (Fsp3) is 0.750. The third-order valence-corrected chi connectivity index (χ3v) is 4.78. The zero-order valence-corrected chi connectivity index (χ0v) is 12.7. The van der Waals surface area contributed by atoms with E-state index in [1.165, 1.54) is 24.1 Å². The smallest absolute Gasteiger partial charge is 0.223 e. The van der Waals surface area contributed by atoms with Crippen molar-refractivity contribution in [3.8, 4) is 0 Å². The average molecular weight is 290 g/mol. The number of nitrogens with two attached hydrogens (primary N) is 1. The Morgan fingerprint density at radius 1 is 1.29 bits per heavy atom. The molecule has 0 aromatic carbocycles. The molecule has 1 aromatic heterocycles. The van der Waals surface area contributed by atoms with Crippen LogP contribution >= 0.6 is 0 Å². The van der Waals surface area contributed by atoms with Crippen molar-refractivity contribution < 1.29 is 4.79 Å². The molecule has 1 saturated heterocycles. The number of aromatic nitrogens is 2. The summed E-state index contributed by atoms with van der Waals surface area (Å²) in [6.07, 6.45) is 9.29. The van der Waals surface area contributed by atoms with Crippen LogP contribution in [0.5, 0.6) is 0 Å². The number of H-pyrrole nitrogens is 1. The second-order valence-electron chi connectivity index (χ2n) is 6.43. The molecule has 1 aromatic rings. The summed E-state index contributed by atoms with van der Waals surface area (Å²) in [5, 5.41) is 7.58. The molecule has 2 heterocycles. The number of nitrogens with zero attached hydrogens (tertiary/aromatic N) is 2. The molecule has 0 bridgehead atoms. The number of nitrogens with one attached hydrogen (secondary N) is 1. The van der Waals surface area contributed by atoms with Crippen molar-refractivity contribution in [3.05, 3.63) is 17.0 Å². The number of carbonyl (C=O) groups is 1. The molecular weight excluding hydrogens is 264 g/mol. The van der Waals surface area contributed by atoms with Gasteiger partial charge in [-0.1, -0.05) is 6.42 Å². The quantitative estimate of drug-likeness (QED) is 0.887. The minimum absolute atomic E-state index is 0.148. The molecule has 0 radical (unpaired) electrons. The van der Waals surface area contributed by atoms with Gasteiger partial charge in [0.2, 0.25) is 5.91 Å². The van der Waals surface area contributed by atoms with E-state index >= 15 is 0 Å². The summed E-state index contributed by atoms with van der Waals surface area (Å²) in [6, 6.07) is 0.148. The lowest BCUT2D eigenvalue weighted by Crippen LogP contribution is -2.39. The number of carbonyl (C=O) groups excluding carboxylic acids is 1. The van der Waals surface area contributed by atoms with Crippen LogP contribution in [0.2, 0.25) is 0 Å². The molecular formula is C16H26N4O. The maximum atomic E-state index is 12.4. The van der Waals surface area contributed by atoms with Crippen molar-refractivity contribution in [3.63, 3.8) is 0 Å². The molecule has 1 amide bonds. The maximum Gasteiger partial charge on any atom is 0.223 e. The number of aromatic amines is 1. The summed E-state index contributed by atoms with van der Waals surface area (Å²) >= 11 is 0. The highest BCUT2D eigenvalue weighted by atomic mass is 16.2. The van der Waals surface area contributed by atoms with Crippen molar-refractivity contribution in [2.24, 2.45) is 5.73 Å². The Balaban J connectivity index is 1.57. The second kappa shape index (κ2) is 6.60. The van der Waals surface area contributed by atoms with Gasteiger partial charge in [-0.15, -0.1) is 0 Å². The first-order valence-corrected chi connectivity index (χ1v) is 8.32. The third-order valence-electron chi connectivity index (χ3n) is 4.78. The fourth-order valence-electron chi connectivity index (χ4n) is 3.54. The van der Waals surface area contributed by atoms with Crippen LogP contribution < -0.4 is 5.73 Å². The maximum absolute atomic E-state index is 12.4. The predicted octanol–water partition coefficient (Wildman–Crippen LogP) is 1.56. The van der Waals surface area contributed by atoms with Crippen LogP contribution in [0.1, 0.15) is 55.5 Å². The van der Waals surface area contributed by atoms with Crippen LogP contribution in [0.3, 0.4) is 0 Å². The van der Waals surface area contributed by atoms with Crippen LogP contribution in [0.25, 0.3) is 0 Å². The van der Waals surface area contributed by atoms with Crippen LogP contribution in [-0.2, 0) is 24.1 Å². The Bertz CT molecular complexity index is 496. The average Bonchev–Trinajstić information content (AvgIpc) is 2.78. The highest BCUT2D eigenvalue weighted by Crippen LogP contribution is 2.23. The van der Waals surface area contributed by atoms with Gasteiger partial charge in [-0.05, 0) is 44.1 Å². The van der Waals surface area contributed by atoms with Gasteiger partial charge in [0.1, 0.15) is 0 Å². The molecule has 0 unspecified atom stereocenters. The third kappa shape index (κ3) is 3.46. The van der Waals surface area contributed by atoms with E-state index in [1.807, 2.05) is 4.90 Å². The number of likely N-dealkylation sites (tertiary alicyclic amines) is 1. The zero-order valence-electron chi connectivity index (χ0n) is 12.7. The Morgan fingerprint density at radius 2 is 2.14 bits per heavy atom. The Kier molecular flexibility index (Phi) is 4.58. The predicted molar refractivity (Wildman–Crippen MR) is 82.0 cm³/mol. The van der Waals surface area contributed by atoms with Crippen molar-refractivity contribution in [2.75, 3.05) is 13.1 Å². The number of fused-ring (bicyclic) bond motifs is 1. The van der Waals surface area contributed by atoms with E-state index in [0.717, 1.165) is 57.3 Å². The molecule has 1 aliphatic carbocycles. The molecule has 5 heteroatoms. The van der Waals surface area contributed by atoms with Gasteiger partial charge in [0.15, 0.2) is 0 Å². The molecule has 0 spiro atoms. The molecule has 116 valence electrons. The van der Waals surface area contributed by atoms with Crippen molar-refractivity contribution in [1.82, 2.24) is 15.1 Å². The van der Waals surface area contributed by atoms with E-state index in [4.69, 9.17) is 5.73 Å². The number of amides is 1. The van der Waals surface area contributed by atoms with Crippen LogP contribution in [-0.4, -0.2) is 40.1 Å². The van der Waals surface area contributed by atoms with Gasteiger partial charge >= 0.3 is 0 Å². The first kappa shape index (κ1) is 14.6. The topological polar surface area (TPSA) is 75.0 Å². The molecule has 1 fully saturated rings. The van der Waals surface area contributed by atoms with E-state index < -0.39 is 0 Å². The highest BCUT2D eigenvalue weighted by molar-refractivity contribution is 5.76. The lowest BCUT2D eigenvalue weighted by Gasteiger charge is -2.22. The molecule has 21 heavy (non-hydrogen) atoms. The Hall–Kier alpha value is -1.36. The first-order chi connectivity index (χ1) is 10.2. The van der Waals surface area contributed by atoms with Gasteiger partial charge < -0.3 is 10.6 Å². The summed E-state index contributed by atoms with van der Waals surface area (Å²) in [6.45, 7) is 1.59. The molecule has 1 atom stereocenters. The van der Waals surface area contributed by atoms with Crippen molar-refractivity contribution in [1.29, 1.82) is 0 Å². The summed E-state index contributed by atoms with van der Waals surface area (Å²) in [5.41, 5.74) is 9.81. The van der Waals surface area contributed by atoms with E-state index in [9.17, 15) is 4.79 Å².